The molecule has 0 amide bonds. The van der Waals surface area contributed by atoms with Crippen molar-refractivity contribution in [3.05, 3.63) is 35.4 Å². The predicted molar refractivity (Wildman–Crippen MR) is 89.2 cm³/mol. The van der Waals surface area contributed by atoms with Crippen LogP contribution in [0.4, 0.5) is 0 Å². The third kappa shape index (κ3) is 4.82. The van der Waals surface area contributed by atoms with Crippen LogP contribution in [-0.4, -0.2) is 13.2 Å². The summed E-state index contributed by atoms with van der Waals surface area (Å²) in [4.78, 5) is 0. The Hall–Kier alpha value is -0.860. The van der Waals surface area contributed by atoms with Gasteiger partial charge in [-0.15, -0.1) is 0 Å². The molecule has 2 rings (SSSR count). The molecule has 0 radical (unpaired) electrons. The summed E-state index contributed by atoms with van der Waals surface area (Å²) >= 11 is 0. The minimum atomic E-state index is 0.436. The first kappa shape index (κ1) is 16.5. The number of nitrogens with one attached hydrogen (secondary N) is 1. The highest BCUT2D eigenvalue weighted by atomic mass is 16.5. The first-order valence-electron chi connectivity index (χ1n) is 8.10. The normalized spacial score (nSPS) is 21.4. The van der Waals surface area contributed by atoms with E-state index in [-0.39, 0.29) is 0 Å². The van der Waals surface area contributed by atoms with Crippen LogP contribution in [0.5, 0.6) is 0 Å². The van der Waals surface area contributed by atoms with E-state index in [2.05, 4.69) is 57.3 Å². The highest BCUT2D eigenvalue weighted by Crippen LogP contribution is 2.45. The van der Waals surface area contributed by atoms with Gasteiger partial charge in [-0.3, -0.25) is 0 Å². The first-order chi connectivity index (χ1) is 9.81. The molecule has 0 atom stereocenters. The fourth-order valence-electron chi connectivity index (χ4n) is 4.27. The average molecular weight is 289 g/mol. The smallest absolute Gasteiger partial charge is 0.0716 e. The second-order valence-corrected chi connectivity index (χ2v) is 8.19. The van der Waals surface area contributed by atoms with E-state index in [0.717, 1.165) is 6.54 Å². The summed E-state index contributed by atoms with van der Waals surface area (Å²) in [6.45, 7) is 11.3. The molecule has 1 saturated carbocycles. The molecular formula is C19H31NO. The fourth-order valence-corrected chi connectivity index (χ4v) is 4.27. The van der Waals surface area contributed by atoms with Gasteiger partial charge < -0.3 is 10.1 Å². The molecule has 0 bridgehead atoms. The second kappa shape index (κ2) is 6.50. The molecule has 1 aromatic rings. The Kier molecular flexibility index (Phi) is 5.11. The van der Waals surface area contributed by atoms with Gasteiger partial charge in [0.15, 0.2) is 0 Å². The van der Waals surface area contributed by atoms with Crippen molar-refractivity contribution in [1.82, 2.24) is 5.32 Å². The van der Waals surface area contributed by atoms with Crippen LogP contribution in [0.1, 0.15) is 58.1 Å². The summed E-state index contributed by atoms with van der Waals surface area (Å²) < 4.78 is 5.30. The number of methoxy groups -OCH3 is 1. The summed E-state index contributed by atoms with van der Waals surface area (Å²) in [6, 6.07) is 9.19. The van der Waals surface area contributed by atoms with Crippen molar-refractivity contribution in [2.75, 3.05) is 7.11 Å². The number of hydrogen-bond acceptors (Lipinski definition) is 2. The fraction of sp³-hybridized carbons (Fsp3) is 0.684. The lowest BCUT2D eigenvalue weighted by molar-refractivity contribution is 0.0843. The van der Waals surface area contributed by atoms with Gasteiger partial charge in [0.1, 0.15) is 0 Å². The van der Waals surface area contributed by atoms with Crippen LogP contribution in [0.3, 0.4) is 0 Å². The lowest BCUT2D eigenvalue weighted by Crippen LogP contribution is -2.43. The Balaban J connectivity index is 1.99. The zero-order valence-corrected chi connectivity index (χ0v) is 14.3. The number of ether oxygens (including phenoxy) is 1. The number of rotatable bonds is 5. The summed E-state index contributed by atoms with van der Waals surface area (Å²) in [7, 11) is 1.76. The van der Waals surface area contributed by atoms with E-state index < -0.39 is 0 Å². The van der Waals surface area contributed by atoms with E-state index in [0.29, 0.717) is 23.5 Å². The monoisotopic (exact) mass is 289 g/mol. The number of hydrogen-bond donors (Lipinski definition) is 1. The van der Waals surface area contributed by atoms with Crippen molar-refractivity contribution in [3.8, 4) is 0 Å². The van der Waals surface area contributed by atoms with Crippen LogP contribution in [0.25, 0.3) is 0 Å². The standard InChI is InChI=1S/C19H31NO/c1-18(2)10-17(11-19(3,4)14-18)20-12-15-8-6-7-9-16(15)13-21-5/h6-9,17,20H,10-14H2,1-5H3. The lowest BCUT2D eigenvalue weighted by Gasteiger charge is -2.45. The molecule has 2 nitrogen and oxygen atoms in total. The van der Waals surface area contributed by atoms with Gasteiger partial charge in [-0.2, -0.15) is 0 Å². The maximum absolute atomic E-state index is 5.30. The molecule has 0 heterocycles. The molecule has 1 aliphatic carbocycles. The highest BCUT2D eigenvalue weighted by molar-refractivity contribution is 5.26. The van der Waals surface area contributed by atoms with Crippen LogP contribution < -0.4 is 5.32 Å². The molecule has 1 N–H and O–H groups in total. The molecule has 0 saturated heterocycles. The van der Waals surface area contributed by atoms with Gasteiger partial charge in [0.05, 0.1) is 6.61 Å². The maximum Gasteiger partial charge on any atom is 0.0716 e. The van der Waals surface area contributed by atoms with Crippen LogP contribution >= 0.6 is 0 Å². The molecule has 0 aliphatic heterocycles. The summed E-state index contributed by atoms with van der Waals surface area (Å²) in [5, 5.41) is 3.79. The molecule has 1 aliphatic rings. The minimum absolute atomic E-state index is 0.436. The topological polar surface area (TPSA) is 21.3 Å². The molecule has 21 heavy (non-hydrogen) atoms. The van der Waals surface area contributed by atoms with Gasteiger partial charge in [0.2, 0.25) is 0 Å². The van der Waals surface area contributed by atoms with E-state index in [1.807, 2.05) is 0 Å². The van der Waals surface area contributed by atoms with Crippen molar-refractivity contribution in [2.24, 2.45) is 10.8 Å². The third-order valence-corrected chi connectivity index (χ3v) is 4.55. The van der Waals surface area contributed by atoms with Crippen molar-refractivity contribution < 1.29 is 4.74 Å². The Bertz CT molecular complexity index is 448. The van der Waals surface area contributed by atoms with Crippen LogP contribution in [-0.2, 0) is 17.9 Å². The quantitative estimate of drug-likeness (QED) is 0.860. The van der Waals surface area contributed by atoms with Crippen molar-refractivity contribution in [3.63, 3.8) is 0 Å². The zero-order chi connectivity index (χ0) is 15.5. The largest absolute Gasteiger partial charge is 0.380 e. The predicted octanol–water partition coefficient (Wildman–Crippen LogP) is 4.53. The van der Waals surface area contributed by atoms with Gasteiger partial charge >= 0.3 is 0 Å². The molecule has 2 heteroatoms. The third-order valence-electron chi connectivity index (χ3n) is 4.55. The summed E-state index contributed by atoms with van der Waals surface area (Å²) in [5.74, 6) is 0. The van der Waals surface area contributed by atoms with E-state index >= 15 is 0 Å². The van der Waals surface area contributed by atoms with Crippen molar-refractivity contribution in [1.29, 1.82) is 0 Å². The molecule has 1 aromatic carbocycles. The van der Waals surface area contributed by atoms with Crippen LogP contribution in [0.2, 0.25) is 0 Å². The minimum Gasteiger partial charge on any atom is -0.380 e. The Morgan fingerprint density at radius 2 is 1.62 bits per heavy atom. The molecule has 0 aromatic heterocycles. The highest BCUT2D eigenvalue weighted by Gasteiger charge is 2.38. The van der Waals surface area contributed by atoms with Gasteiger partial charge in [-0.1, -0.05) is 52.0 Å². The van der Waals surface area contributed by atoms with Crippen molar-refractivity contribution >= 4 is 0 Å². The van der Waals surface area contributed by atoms with E-state index in [1.165, 1.54) is 30.4 Å². The van der Waals surface area contributed by atoms with Gasteiger partial charge in [0.25, 0.3) is 0 Å². The van der Waals surface area contributed by atoms with Gasteiger partial charge in [0, 0.05) is 19.7 Å². The van der Waals surface area contributed by atoms with Gasteiger partial charge in [-0.25, -0.2) is 0 Å². The maximum atomic E-state index is 5.30. The van der Waals surface area contributed by atoms with Crippen molar-refractivity contribution in [2.45, 2.75) is 66.2 Å². The molecule has 0 spiro atoms. The Morgan fingerprint density at radius 3 is 2.19 bits per heavy atom. The Morgan fingerprint density at radius 1 is 1.05 bits per heavy atom. The SMILES string of the molecule is COCc1ccccc1CNC1CC(C)(C)CC(C)(C)C1. The Labute approximate surface area is 130 Å². The summed E-state index contributed by atoms with van der Waals surface area (Å²) in [6.07, 6.45) is 3.85. The van der Waals surface area contributed by atoms with Gasteiger partial charge in [-0.05, 0) is 41.2 Å². The first-order valence-corrected chi connectivity index (χ1v) is 8.10. The average Bonchev–Trinajstić information content (AvgIpc) is 2.34. The zero-order valence-electron chi connectivity index (χ0n) is 14.3. The molecule has 0 unspecified atom stereocenters. The van der Waals surface area contributed by atoms with Crippen LogP contribution in [0.15, 0.2) is 24.3 Å². The molecule has 1 fully saturated rings. The molecular weight excluding hydrogens is 258 g/mol. The van der Waals surface area contributed by atoms with E-state index in [9.17, 15) is 0 Å². The number of benzene rings is 1. The second-order valence-electron chi connectivity index (χ2n) is 8.19. The van der Waals surface area contributed by atoms with Crippen LogP contribution in [0, 0.1) is 10.8 Å². The molecule has 118 valence electrons. The van der Waals surface area contributed by atoms with E-state index in [4.69, 9.17) is 4.74 Å². The summed E-state index contributed by atoms with van der Waals surface area (Å²) in [5.41, 5.74) is 3.53. The lowest BCUT2D eigenvalue weighted by atomic mass is 9.63. The van der Waals surface area contributed by atoms with E-state index in [1.54, 1.807) is 7.11 Å².